The largest absolute Gasteiger partial charge is 0.339 e. The number of fused-ring (bicyclic) bond motifs is 1. The summed E-state index contributed by atoms with van der Waals surface area (Å²) in [4.78, 5) is 14.7. The standard InChI is InChI=1S/C20H24N2O3S/c1-3-21(13-11-16-7-5-4-6-8-16)20(23)18-9-10-19-17(15-18)12-14-22(19)26(2,24)25/h4-10,15H,3,11-14H2,1-2H3. The Morgan fingerprint density at radius 3 is 2.54 bits per heavy atom. The van der Waals surface area contributed by atoms with E-state index < -0.39 is 10.0 Å². The molecule has 0 unspecified atom stereocenters. The number of carbonyl (C=O) groups excluding carboxylic acids is 1. The van der Waals surface area contributed by atoms with Crippen molar-refractivity contribution in [2.75, 3.05) is 30.2 Å². The first-order valence-electron chi connectivity index (χ1n) is 8.84. The van der Waals surface area contributed by atoms with Gasteiger partial charge in [0.15, 0.2) is 0 Å². The molecule has 26 heavy (non-hydrogen) atoms. The Bertz CT molecular complexity index is 895. The molecule has 0 saturated carbocycles. The summed E-state index contributed by atoms with van der Waals surface area (Å²) in [5.74, 6) is -0.0102. The molecule has 0 fully saturated rings. The van der Waals surface area contributed by atoms with Crippen LogP contribution in [0.1, 0.15) is 28.4 Å². The Kier molecular flexibility index (Phi) is 5.32. The molecule has 6 heteroatoms. The van der Waals surface area contributed by atoms with E-state index in [1.807, 2.05) is 36.1 Å². The Morgan fingerprint density at radius 2 is 1.88 bits per heavy atom. The first-order valence-corrected chi connectivity index (χ1v) is 10.7. The molecule has 3 rings (SSSR count). The molecule has 0 aliphatic carbocycles. The first kappa shape index (κ1) is 18.5. The van der Waals surface area contributed by atoms with Crippen LogP contribution in [0.3, 0.4) is 0 Å². The molecule has 5 nitrogen and oxygen atoms in total. The Balaban J connectivity index is 1.75. The van der Waals surface area contributed by atoms with Crippen molar-refractivity contribution in [3.63, 3.8) is 0 Å². The topological polar surface area (TPSA) is 57.7 Å². The van der Waals surface area contributed by atoms with E-state index in [9.17, 15) is 13.2 Å². The van der Waals surface area contributed by atoms with Crippen molar-refractivity contribution >= 4 is 21.6 Å². The third-order valence-electron chi connectivity index (χ3n) is 4.76. The molecular formula is C20H24N2O3S. The van der Waals surface area contributed by atoms with E-state index >= 15 is 0 Å². The summed E-state index contributed by atoms with van der Waals surface area (Å²) in [6.45, 7) is 3.71. The van der Waals surface area contributed by atoms with Crippen molar-refractivity contribution < 1.29 is 13.2 Å². The predicted molar refractivity (Wildman–Crippen MR) is 104 cm³/mol. The summed E-state index contributed by atoms with van der Waals surface area (Å²) in [7, 11) is -3.27. The number of carbonyl (C=O) groups is 1. The molecule has 0 N–H and O–H groups in total. The number of likely N-dealkylation sites (N-methyl/N-ethyl adjacent to an activating group) is 1. The van der Waals surface area contributed by atoms with Gasteiger partial charge < -0.3 is 4.90 Å². The third-order valence-corrected chi connectivity index (χ3v) is 5.94. The average molecular weight is 372 g/mol. The van der Waals surface area contributed by atoms with E-state index in [0.717, 1.165) is 12.0 Å². The molecule has 1 aliphatic heterocycles. The van der Waals surface area contributed by atoms with Gasteiger partial charge in [0.2, 0.25) is 10.0 Å². The third kappa shape index (κ3) is 3.90. The van der Waals surface area contributed by atoms with E-state index in [2.05, 4.69) is 12.1 Å². The molecule has 1 heterocycles. The Morgan fingerprint density at radius 1 is 1.15 bits per heavy atom. The maximum Gasteiger partial charge on any atom is 0.253 e. The monoisotopic (exact) mass is 372 g/mol. The second kappa shape index (κ2) is 7.50. The quantitative estimate of drug-likeness (QED) is 0.783. The highest BCUT2D eigenvalue weighted by Gasteiger charge is 2.27. The number of nitrogens with zero attached hydrogens (tertiary/aromatic N) is 2. The number of benzene rings is 2. The summed E-state index contributed by atoms with van der Waals surface area (Å²) in [6, 6.07) is 15.4. The summed E-state index contributed by atoms with van der Waals surface area (Å²) in [5.41, 5.74) is 3.43. The number of hydrogen-bond acceptors (Lipinski definition) is 3. The fraction of sp³-hybridized carbons (Fsp3) is 0.350. The molecule has 2 aromatic carbocycles. The molecule has 0 aromatic heterocycles. The number of anilines is 1. The van der Waals surface area contributed by atoms with Crippen LogP contribution >= 0.6 is 0 Å². The molecule has 138 valence electrons. The van der Waals surface area contributed by atoms with Crippen LogP contribution in [-0.2, 0) is 22.9 Å². The van der Waals surface area contributed by atoms with Crippen molar-refractivity contribution in [1.82, 2.24) is 4.90 Å². The highest BCUT2D eigenvalue weighted by molar-refractivity contribution is 7.92. The Hall–Kier alpha value is -2.34. The SMILES string of the molecule is CCN(CCc1ccccc1)C(=O)c1ccc2c(c1)CCN2S(C)(=O)=O. The minimum absolute atomic E-state index is 0.0102. The molecule has 0 saturated heterocycles. The van der Waals surface area contributed by atoms with Crippen molar-refractivity contribution in [2.24, 2.45) is 0 Å². The molecule has 2 aromatic rings. The molecule has 0 atom stereocenters. The van der Waals surface area contributed by atoms with E-state index in [1.54, 1.807) is 12.1 Å². The fourth-order valence-corrected chi connectivity index (χ4v) is 4.30. The van der Waals surface area contributed by atoms with Crippen LogP contribution in [0.15, 0.2) is 48.5 Å². The zero-order chi connectivity index (χ0) is 18.7. The van der Waals surface area contributed by atoms with Gasteiger partial charge in [-0.2, -0.15) is 0 Å². The smallest absolute Gasteiger partial charge is 0.253 e. The second-order valence-electron chi connectivity index (χ2n) is 6.55. The van der Waals surface area contributed by atoms with Crippen LogP contribution in [0.25, 0.3) is 0 Å². The van der Waals surface area contributed by atoms with Crippen LogP contribution in [0.4, 0.5) is 5.69 Å². The molecular weight excluding hydrogens is 348 g/mol. The van der Waals surface area contributed by atoms with E-state index in [-0.39, 0.29) is 5.91 Å². The highest BCUT2D eigenvalue weighted by atomic mass is 32.2. The first-order chi connectivity index (χ1) is 12.4. The summed E-state index contributed by atoms with van der Waals surface area (Å²) < 4.78 is 25.1. The van der Waals surface area contributed by atoms with Gasteiger partial charge >= 0.3 is 0 Å². The van der Waals surface area contributed by atoms with Gasteiger partial charge in [0, 0.05) is 25.2 Å². The lowest BCUT2D eigenvalue weighted by atomic mass is 10.1. The molecule has 0 bridgehead atoms. The van der Waals surface area contributed by atoms with Gasteiger partial charge in [-0.15, -0.1) is 0 Å². The lowest BCUT2D eigenvalue weighted by Gasteiger charge is -2.22. The van der Waals surface area contributed by atoms with Crippen molar-refractivity contribution in [3.8, 4) is 0 Å². The molecule has 1 amide bonds. The van der Waals surface area contributed by atoms with Crippen molar-refractivity contribution in [3.05, 3.63) is 65.2 Å². The van der Waals surface area contributed by atoms with Crippen LogP contribution in [0.5, 0.6) is 0 Å². The van der Waals surface area contributed by atoms with E-state index in [0.29, 0.717) is 37.3 Å². The zero-order valence-corrected chi connectivity index (χ0v) is 16.0. The highest BCUT2D eigenvalue weighted by Crippen LogP contribution is 2.31. The number of rotatable bonds is 6. The van der Waals surface area contributed by atoms with Crippen LogP contribution in [0, 0.1) is 0 Å². The van der Waals surface area contributed by atoms with Gasteiger partial charge in [-0.3, -0.25) is 9.10 Å². The van der Waals surface area contributed by atoms with Gasteiger partial charge in [0.05, 0.1) is 11.9 Å². The fourth-order valence-electron chi connectivity index (χ4n) is 3.34. The van der Waals surface area contributed by atoms with Crippen LogP contribution in [0.2, 0.25) is 0 Å². The van der Waals surface area contributed by atoms with Gasteiger partial charge in [0.1, 0.15) is 0 Å². The maximum absolute atomic E-state index is 12.9. The lowest BCUT2D eigenvalue weighted by Crippen LogP contribution is -2.32. The van der Waals surface area contributed by atoms with Gasteiger partial charge in [0.25, 0.3) is 5.91 Å². The number of hydrogen-bond donors (Lipinski definition) is 0. The molecule has 0 spiro atoms. The van der Waals surface area contributed by atoms with Gasteiger partial charge in [-0.05, 0) is 49.1 Å². The minimum Gasteiger partial charge on any atom is -0.339 e. The molecule has 0 radical (unpaired) electrons. The summed E-state index contributed by atoms with van der Waals surface area (Å²) >= 11 is 0. The second-order valence-corrected chi connectivity index (χ2v) is 8.46. The maximum atomic E-state index is 12.9. The zero-order valence-electron chi connectivity index (χ0n) is 15.2. The average Bonchev–Trinajstić information content (AvgIpc) is 3.06. The predicted octanol–water partition coefficient (Wildman–Crippen LogP) is 2.71. The summed E-state index contributed by atoms with van der Waals surface area (Å²) in [5, 5.41) is 0. The van der Waals surface area contributed by atoms with Crippen LogP contribution in [-0.4, -0.2) is 45.1 Å². The van der Waals surface area contributed by atoms with Crippen LogP contribution < -0.4 is 4.31 Å². The van der Waals surface area contributed by atoms with E-state index in [4.69, 9.17) is 0 Å². The minimum atomic E-state index is -3.27. The number of amides is 1. The normalized spacial score (nSPS) is 13.5. The van der Waals surface area contributed by atoms with Gasteiger partial charge in [-0.25, -0.2) is 8.42 Å². The summed E-state index contributed by atoms with van der Waals surface area (Å²) in [6.07, 6.45) is 2.66. The van der Waals surface area contributed by atoms with Crippen molar-refractivity contribution in [1.29, 1.82) is 0 Å². The van der Waals surface area contributed by atoms with E-state index in [1.165, 1.54) is 16.1 Å². The van der Waals surface area contributed by atoms with Crippen molar-refractivity contribution in [2.45, 2.75) is 19.8 Å². The lowest BCUT2D eigenvalue weighted by molar-refractivity contribution is 0.0766. The Labute approximate surface area is 155 Å². The number of sulfonamides is 1. The van der Waals surface area contributed by atoms with Gasteiger partial charge in [-0.1, -0.05) is 30.3 Å². The molecule has 1 aliphatic rings.